The van der Waals surface area contributed by atoms with Gasteiger partial charge in [0.1, 0.15) is 5.75 Å². The van der Waals surface area contributed by atoms with Crippen LogP contribution in [0.2, 0.25) is 0 Å². The van der Waals surface area contributed by atoms with Gasteiger partial charge in [0.05, 0.1) is 0 Å². The number of benzene rings is 2. The molecule has 0 aliphatic carbocycles. The summed E-state index contributed by atoms with van der Waals surface area (Å²) in [5.41, 5.74) is 3.54. The number of hydrogen-bond acceptors (Lipinski definition) is 1. The maximum absolute atomic E-state index is 10.1. The SMILES string of the molecule is CCCCc1ccc(C)c(O)c1CCCC.c1ccccc1. The average molecular weight is 298 g/mol. The summed E-state index contributed by atoms with van der Waals surface area (Å²) in [6, 6.07) is 16.2. The van der Waals surface area contributed by atoms with E-state index < -0.39 is 0 Å². The summed E-state index contributed by atoms with van der Waals surface area (Å²) >= 11 is 0. The average Bonchev–Trinajstić information content (AvgIpc) is 2.57. The molecule has 0 aromatic heterocycles. The fourth-order valence-corrected chi connectivity index (χ4v) is 2.41. The summed E-state index contributed by atoms with van der Waals surface area (Å²) in [4.78, 5) is 0. The Hall–Kier alpha value is -1.76. The Kier molecular flexibility index (Phi) is 9.06. The van der Waals surface area contributed by atoms with Crippen LogP contribution in [0.25, 0.3) is 0 Å². The highest BCUT2D eigenvalue weighted by atomic mass is 16.3. The Labute approximate surface area is 136 Å². The molecule has 0 radical (unpaired) electrons. The summed E-state index contributed by atoms with van der Waals surface area (Å²) in [6.07, 6.45) is 6.88. The molecule has 0 spiro atoms. The highest BCUT2D eigenvalue weighted by Gasteiger charge is 2.09. The van der Waals surface area contributed by atoms with E-state index in [-0.39, 0.29) is 0 Å². The molecule has 0 atom stereocenters. The predicted molar refractivity (Wildman–Crippen MR) is 96.5 cm³/mol. The van der Waals surface area contributed by atoms with Gasteiger partial charge in [-0.05, 0) is 49.3 Å². The number of phenols is 1. The zero-order valence-electron chi connectivity index (χ0n) is 14.3. The standard InChI is InChI=1S/C15H24O.C6H6/c1-4-6-8-13-11-10-12(3)15(16)14(13)9-7-5-2;1-2-4-6-5-3-1/h10-11,16H,4-9H2,1-3H3;1-6H. The van der Waals surface area contributed by atoms with Crippen LogP contribution in [0.4, 0.5) is 0 Å². The topological polar surface area (TPSA) is 20.2 Å². The smallest absolute Gasteiger partial charge is 0.121 e. The van der Waals surface area contributed by atoms with Crippen molar-refractivity contribution in [3.05, 3.63) is 65.2 Å². The Morgan fingerprint density at radius 2 is 1.27 bits per heavy atom. The Morgan fingerprint density at radius 3 is 1.77 bits per heavy atom. The lowest BCUT2D eigenvalue weighted by Gasteiger charge is -2.13. The van der Waals surface area contributed by atoms with E-state index in [0.717, 1.165) is 24.8 Å². The van der Waals surface area contributed by atoms with Crippen molar-refractivity contribution >= 4 is 0 Å². The van der Waals surface area contributed by atoms with Crippen molar-refractivity contribution in [3.63, 3.8) is 0 Å². The molecule has 0 saturated heterocycles. The molecule has 0 unspecified atom stereocenters. The molecule has 22 heavy (non-hydrogen) atoms. The second-order valence-electron chi connectivity index (χ2n) is 5.73. The van der Waals surface area contributed by atoms with Gasteiger partial charge in [-0.3, -0.25) is 0 Å². The van der Waals surface area contributed by atoms with Crippen LogP contribution >= 0.6 is 0 Å². The molecule has 2 aromatic rings. The van der Waals surface area contributed by atoms with Gasteiger partial charge in [-0.25, -0.2) is 0 Å². The second-order valence-corrected chi connectivity index (χ2v) is 5.73. The van der Waals surface area contributed by atoms with E-state index in [2.05, 4.69) is 19.9 Å². The van der Waals surface area contributed by atoms with Crippen LogP contribution in [0.5, 0.6) is 5.75 Å². The molecule has 1 heteroatoms. The second kappa shape index (κ2) is 10.9. The van der Waals surface area contributed by atoms with Crippen molar-refractivity contribution in [1.82, 2.24) is 0 Å². The van der Waals surface area contributed by atoms with Crippen molar-refractivity contribution < 1.29 is 5.11 Å². The third kappa shape index (κ3) is 6.34. The van der Waals surface area contributed by atoms with Gasteiger partial charge >= 0.3 is 0 Å². The molecule has 0 aliphatic heterocycles. The first-order valence-electron chi connectivity index (χ1n) is 8.51. The molecule has 0 amide bonds. The molecular weight excluding hydrogens is 268 g/mol. The van der Waals surface area contributed by atoms with E-state index in [1.807, 2.05) is 49.4 Å². The zero-order valence-corrected chi connectivity index (χ0v) is 14.3. The maximum atomic E-state index is 10.1. The fraction of sp³-hybridized carbons (Fsp3) is 0.429. The number of unbranched alkanes of at least 4 members (excludes halogenated alkanes) is 2. The van der Waals surface area contributed by atoms with Gasteiger partial charge in [-0.15, -0.1) is 0 Å². The Bertz CT molecular complexity index is 490. The lowest BCUT2D eigenvalue weighted by molar-refractivity contribution is 0.461. The van der Waals surface area contributed by atoms with Gasteiger partial charge in [0.2, 0.25) is 0 Å². The quantitative estimate of drug-likeness (QED) is 0.686. The molecule has 1 N–H and O–H groups in total. The predicted octanol–water partition coefficient (Wildman–Crippen LogP) is 6.07. The summed E-state index contributed by atoms with van der Waals surface area (Å²) in [6.45, 7) is 6.38. The molecule has 0 heterocycles. The Balaban J connectivity index is 0.000000335. The molecule has 120 valence electrons. The first-order valence-corrected chi connectivity index (χ1v) is 8.51. The largest absolute Gasteiger partial charge is 0.507 e. The van der Waals surface area contributed by atoms with E-state index in [0.29, 0.717) is 5.75 Å². The highest BCUT2D eigenvalue weighted by molar-refractivity contribution is 5.45. The number of phenolic OH excluding ortho intramolecular Hbond substituents is 1. The Morgan fingerprint density at radius 1 is 0.773 bits per heavy atom. The molecule has 2 rings (SSSR count). The molecule has 1 nitrogen and oxygen atoms in total. The number of aryl methyl sites for hydroxylation is 2. The molecule has 0 fully saturated rings. The van der Waals surface area contributed by atoms with E-state index in [1.165, 1.54) is 30.4 Å². The van der Waals surface area contributed by atoms with Crippen LogP contribution in [0.1, 0.15) is 56.2 Å². The summed E-state index contributed by atoms with van der Waals surface area (Å²) in [5.74, 6) is 0.530. The number of aromatic hydroxyl groups is 1. The van der Waals surface area contributed by atoms with Gasteiger partial charge in [0.25, 0.3) is 0 Å². The van der Waals surface area contributed by atoms with Crippen LogP contribution in [0.15, 0.2) is 48.5 Å². The van der Waals surface area contributed by atoms with Crippen molar-refractivity contribution in [1.29, 1.82) is 0 Å². The van der Waals surface area contributed by atoms with Gasteiger partial charge < -0.3 is 5.11 Å². The van der Waals surface area contributed by atoms with Gasteiger partial charge in [-0.1, -0.05) is 75.2 Å². The molecule has 2 aromatic carbocycles. The number of rotatable bonds is 6. The van der Waals surface area contributed by atoms with E-state index >= 15 is 0 Å². The lowest BCUT2D eigenvalue weighted by Crippen LogP contribution is -1.97. The fourth-order valence-electron chi connectivity index (χ4n) is 2.41. The first-order chi connectivity index (χ1) is 10.7. The first kappa shape index (κ1) is 18.3. The van der Waals surface area contributed by atoms with Crippen LogP contribution in [0, 0.1) is 6.92 Å². The van der Waals surface area contributed by atoms with Crippen LogP contribution < -0.4 is 0 Å². The van der Waals surface area contributed by atoms with Crippen LogP contribution in [0.3, 0.4) is 0 Å². The summed E-state index contributed by atoms with van der Waals surface area (Å²) in [5, 5.41) is 10.1. The summed E-state index contributed by atoms with van der Waals surface area (Å²) in [7, 11) is 0. The maximum Gasteiger partial charge on any atom is 0.121 e. The van der Waals surface area contributed by atoms with E-state index in [4.69, 9.17) is 0 Å². The molecule has 0 bridgehead atoms. The molecule has 0 saturated carbocycles. The zero-order chi connectivity index (χ0) is 16.2. The van der Waals surface area contributed by atoms with Crippen molar-refractivity contribution in [3.8, 4) is 5.75 Å². The lowest BCUT2D eigenvalue weighted by atomic mass is 9.95. The van der Waals surface area contributed by atoms with Crippen molar-refractivity contribution in [2.45, 2.75) is 59.3 Å². The van der Waals surface area contributed by atoms with Gasteiger partial charge in [0, 0.05) is 0 Å². The minimum Gasteiger partial charge on any atom is -0.507 e. The third-order valence-electron chi connectivity index (χ3n) is 3.83. The third-order valence-corrected chi connectivity index (χ3v) is 3.83. The van der Waals surface area contributed by atoms with Gasteiger partial charge in [-0.2, -0.15) is 0 Å². The highest BCUT2D eigenvalue weighted by Crippen LogP contribution is 2.28. The van der Waals surface area contributed by atoms with E-state index in [1.54, 1.807) is 0 Å². The van der Waals surface area contributed by atoms with Crippen LogP contribution in [-0.4, -0.2) is 5.11 Å². The summed E-state index contributed by atoms with van der Waals surface area (Å²) < 4.78 is 0. The van der Waals surface area contributed by atoms with E-state index in [9.17, 15) is 5.11 Å². The van der Waals surface area contributed by atoms with Gasteiger partial charge in [0.15, 0.2) is 0 Å². The normalized spacial score (nSPS) is 9.95. The van der Waals surface area contributed by atoms with Crippen LogP contribution in [-0.2, 0) is 12.8 Å². The minimum absolute atomic E-state index is 0.530. The minimum atomic E-state index is 0.530. The van der Waals surface area contributed by atoms with Crippen molar-refractivity contribution in [2.24, 2.45) is 0 Å². The molecular formula is C21H30O. The monoisotopic (exact) mass is 298 g/mol. The molecule has 0 aliphatic rings. The number of hydrogen-bond donors (Lipinski definition) is 1. The van der Waals surface area contributed by atoms with Crippen molar-refractivity contribution in [2.75, 3.05) is 0 Å².